The van der Waals surface area contributed by atoms with Crippen LogP contribution in [0, 0.1) is 0 Å². The van der Waals surface area contributed by atoms with Crippen molar-refractivity contribution in [1.82, 2.24) is 0 Å². The Balaban J connectivity index is 2.23. The zero-order valence-electron chi connectivity index (χ0n) is 5.74. The molecule has 0 aromatic carbocycles. The Labute approximate surface area is 81.6 Å². The van der Waals surface area contributed by atoms with Crippen molar-refractivity contribution in [3.05, 3.63) is 0 Å². The van der Waals surface area contributed by atoms with Gasteiger partial charge in [0.15, 0.2) is 0 Å². The van der Waals surface area contributed by atoms with Gasteiger partial charge in [-0.25, -0.2) is 0 Å². The Bertz CT molecular complexity index is 83.0. The van der Waals surface area contributed by atoms with Crippen molar-refractivity contribution in [3.63, 3.8) is 0 Å². The van der Waals surface area contributed by atoms with Crippen LogP contribution in [0.4, 0.5) is 0 Å². The second-order valence-electron chi connectivity index (χ2n) is 2.58. The summed E-state index contributed by atoms with van der Waals surface area (Å²) in [6, 6.07) is 0. The molecular weight excluding hydrogens is 338 g/mol. The number of hydrogen-bond acceptors (Lipinski definition) is 0. The van der Waals surface area contributed by atoms with Crippen molar-refractivity contribution in [1.29, 1.82) is 0 Å². The Morgan fingerprint density at radius 1 is 1.44 bits per heavy atom. The van der Waals surface area contributed by atoms with Crippen LogP contribution in [0.3, 0.4) is 0 Å². The van der Waals surface area contributed by atoms with E-state index in [1.165, 1.54) is 23.2 Å². The third-order valence-corrected chi connectivity index (χ3v) is 5.88. The van der Waals surface area contributed by atoms with Crippen LogP contribution >= 0.6 is 22.6 Å². The predicted octanol–water partition coefficient (Wildman–Crippen LogP) is -0.549. The van der Waals surface area contributed by atoms with Gasteiger partial charge in [-0.15, -0.1) is 0 Å². The molecule has 1 aliphatic carbocycles. The molecule has 0 aromatic heterocycles. The Hall–Kier alpha value is 1.46. The van der Waals surface area contributed by atoms with E-state index in [1.807, 2.05) is 0 Å². The van der Waals surface area contributed by atoms with Gasteiger partial charge in [0, 0.05) is 0 Å². The molecule has 2 unspecified atom stereocenters. The first-order valence-electron chi connectivity index (χ1n) is 3.45. The van der Waals surface area contributed by atoms with Crippen LogP contribution in [-0.2, 0) is 0 Å². The molecule has 0 heterocycles. The maximum atomic E-state index is 2.61. The standard InChI is InChI=1S/C7H13I2/c1-9-7-4-2-3-6(8)5-7/h6-7H,2-5H2,1H3/q-1. The van der Waals surface area contributed by atoms with E-state index in [0.29, 0.717) is 21.2 Å². The summed E-state index contributed by atoms with van der Waals surface area (Å²) in [5, 5.41) is 0. The van der Waals surface area contributed by atoms with Crippen molar-refractivity contribution < 1.29 is 21.2 Å². The van der Waals surface area contributed by atoms with E-state index in [9.17, 15) is 0 Å². The summed E-state index contributed by atoms with van der Waals surface area (Å²) in [5.74, 6) is 0. The average Bonchev–Trinajstić information content (AvgIpc) is 1.88. The molecule has 0 aromatic rings. The monoisotopic (exact) mass is 351 g/mol. The summed E-state index contributed by atoms with van der Waals surface area (Å²) < 4.78 is 2.18. The van der Waals surface area contributed by atoms with Crippen LogP contribution in [-0.4, -0.2) is 12.8 Å². The predicted molar refractivity (Wildman–Crippen MR) is 46.0 cm³/mol. The summed E-state index contributed by atoms with van der Waals surface area (Å²) in [5.41, 5.74) is 0. The van der Waals surface area contributed by atoms with Crippen LogP contribution in [0.2, 0.25) is 0 Å². The van der Waals surface area contributed by atoms with Crippen LogP contribution < -0.4 is 21.2 Å². The van der Waals surface area contributed by atoms with Crippen LogP contribution in [0.1, 0.15) is 25.7 Å². The third-order valence-electron chi connectivity index (χ3n) is 1.85. The maximum absolute atomic E-state index is 2.61. The summed E-state index contributed by atoms with van der Waals surface area (Å²) >= 11 is 3.17. The van der Waals surface area contributed by atoms with Gasteiger partial charge < -0.3 is 0 Å². The molecule has 0 bridgehead atoms. The summed E-state index contributed by atoms with van der Waals surface area (Å²) in [7, 11) is 0. The fourth-order valence-electron chi connectivity index (χ4n) is 1.27. The van der Waals surface area contributed by atoms with Crippen LogP contribution in [0.25, 0.3) is 0 Å². The van der Waals surface area contributed by atoms with Gasteiger partial charge >= 0.3 is 82.3 Å². The van der Waals surface area contributed by atoms with E-state index in [1.54, 1.807) is 6.42 Å². The quantitative estimate of drug-likeness (QED) is 0.440. The minimum absolute atomic E-state index is 0.554. The minimum atomic E-state index is 0.554. The van der Waals surface area contributed by atoms with Gasteiger partial charge in [0.05, 0.1) is 0 Å². The van der Waals surface area contributed by atoms with Crippen LogP contribution in [0.15, 0.2) is 0 Å². The Morgan fingerprint density at radius 2 is 2.22 bits per heavy atom. The number of halogens is 2. The SMILES string of the molecule is C[I-]C1CCCC(I)C1. The van der Waals surface area contributed by atoms with Gasteiger partial charge in [0.25, 0.3) is 0 Å². The molecule has 0 nitrogen and oxygen atoms in total. The van der Waals surface area contributed by atoms with E-state index in [-0.39, 0.29) is 0 Å². The van der Waals surface area contributed by atoms with Crippen molar-refractivity contribution in [2.24, 2.45) is 0 Å². The van der Waals surface area contributed by atoms with E-state index in [2.05, 4.69) is 27.5 Å². The number of rotatable bonds is 1. The molecule has 1 aliphatic rings. The first-order valence-corrected chi connectivity index (χ1v) is 8.10. The zero-order valence-corrected chi connectivity index (χ0v) is 10.1. The molecule has 1 saturated carbocycles. The van der Waals surface area contributed by atoms with Gasteiger partial charge in [-0.05, 0) is 0 Å². The first kappa shape index (κ1) is 8.56. The molecule has 2 heteroatoms. The molecule has 56 valence electrons. The molecule has 0 radical (unpaired) electrons. The average molecular weight is 351 g/mol. The van der Waals surface area contributed by atoms with E-state index in [4.69, 9.17) is 0 Å². The van der Waals surface area contributed by atoms with Gasteiger partial charge in [-0.2, -0.15) is 0 Å². The normalized spacial score (nSPS) is 37.1. The third kappa shape index (κ3) is 2.91. The van der Waals surface area contributed by atoms with Crippen molar-refractivity contribution in [2.45, 2.75) is 33.5 Å². The zero-order chi connectivity index (χ0) is 6.69. The Kier molecular flexibility index (Phi) is 4.15. The second-order valence-corrected chi connectivity index (χ2v) is 7.35. The van der Waals surface area contributed by atoms with E-state index in [0.717, 1.165) is 3.92 Å². The number of hydrogen-bond donors (Lipinski definition) is 0. The van der Waals surface area contributed by atoms with E-state index < -0.39 is 0 Å². The van der Waals surface area contributed by atoms with Crippen molar-refractivity contribution >= 4 is 22.6 Å². The molecule has 1 rings (SSSR count). The van der Waals surface area contributed by atoms with Gasteiger partial charge in [-0.1, -0.05) is 0 Å². The molecule has 0 spiro atoms. The molecule has 9 heavy (non-hydrogen) atoms. The molecule has 0 N–H and O–H groups in total. The van der Waals surface area contributed by atoms with E-state index >= 15 is 0 Å². The molecular formula is C7H13I2-. The fraction of sp³-hybridized carbons (Fsp3) is 1.00. The van der Waals surface area contributed by atoms with Crippen LogP contribution in [0.5, 0.6) is 0 Å². The summed E-state index contributed by atoms with van der Waals surface area (Å²) in [6.45, 7) is 0. The van der Waals surface area contributed by atoms with Gasteiger partial charge in [-0.3, -0.25) is 0 Å². The van der Waals surface area contributed by atoms with Gasteiger partial charge in [0.2, 0.25) is 0 Å². The van der Waals surface area contributed by atoms with Gasteiger partial charge in [0.1, 0.15) is 0 Å². The molecule has 0 amide bonds. The number of alkyl halides is 3. The fourth-order valence-corrected chi connectivity index (χ4v) is 5.49. The van der Waals surface area contributed by atoms with Crippen molar-refractivity contribution in [3.8, 4) is 0 Å². The molecule has 2 atom stereocenters. The first-order chi connectivity index (χ1) is 4.33. The second kappa shape index (κ2) is 4.36. The topological polar surface area (TPSA) is 0 Å². The molecule has 1 fully saturated rings. The summed E-state index contributed by atoms with van der Waals surface area (Å²) in [6.07, 6.45) is 6.07. The summed E-state index contributed by atoms with van der Waals surface area (Å²) in [4.78, 5) is 2.43. The molecule has 0 aliphatic heterocycles. The Morgan fingerprint density at radius 3 is 2.67 bits per heavy atom. The molecule has 0 saturated heterocycles. The van der Waals surface area contributed by atoms with Crippen molar-refractivity contribution in [2.75, 3.05) is 4.93 Å².